The van der Waals surface area contributed by atoms with E-state index < -0.39 is 10.0 Å². The molecular formula is C19H16N2O4S2. The molecule has 27 heavy (non-hydrogen) atoms. The second kappa shape index (κ2) is 7.05. The van der Waals surface area contributed by atoms with Crippen molar-refractivity contribution in [3.05, 3.63) is 71.1 Å². The summed E-state index contributed by atoms with van der Waals surface area (Å²) in [7, 11) is -3.66. The Kier molecular flexibility index (Phi) is 4.59. The van der Waals surface area contributed by atoms with Gasteiger partial charge < -0.3 is 10.1 Å². The zero-order valence-corrected chi connectivity index (χ0v) is 15.8. The van der Waals surface area contributed by atoms with E-state index in [-0.39, 0.29) is 10.1 Å². The molecule has 1 aromatic heterocycles. The third-order valence-electron chi connectivity index (χ3n) is 4.08. The van der Waals surface area contributed by atoms with Crippen LogP contribution in [0.15, 0.2) is 64.2 Å². The maximum atomic E-state index is 12.5. The number of benzene rings is 2. The highest BCUT2D eigenvalue weighted by atomic mass is 32.2. The van der Waals surface area contributed by atoms with Gasteiger partial charge in [-0.15, -0.1) is 11.3 Å². The van der Waals surface area contributed by atoms with Gasteiger partial charge in [-0.25, -0.2) is 8.42 Å². The highest BCUT2D eigenvalue weighted by molar-refractivity contribution is 7.94. The molecule has 2 heterocycles. The Morgan fingerprint density at radius 2 is 1.93 bits per heavy atom. The van der Waals surface area contributed by atoms with E-state index in [4.69, 9.17) is 4.74 Å². The normalized spacial score (nSPS) is 12.9. The SMILES string of the molecule is O=C(Nc1ccc2c(c1)CCO2)c1cccc(NS(=O)(=O)c2cccs2)c1. The zero-order chi connectivity index (χ0) is 18.9. The average molecular weight is 400 g/mol. The van der Waals surface area contributed by atoms with Crippen LogP contribution in [-0.2, 0) is 16.4 Å². The molecule has 0 unspecified atom stereocenters. The Hall–Kier alpha value is -2.84. The Morgan fingerprint density at radius 3 is 2.74 bits per heavy atom. The first-order valence-corrected chi connectivity index (χ1v) is 10.6. The molecule has 0 bridgehead atoms. The predicted molar refractivity (Wildman–Crippen MR) is 105 cm³/mol. The van der Waals surface area contributed by atoms with E-state index in [2.05, 4.69) is 10.0 Å². The molecule has 0 aliphatic carbocycles. The van der Waals surface area contributed by atoms with Gasteiger partial charge in [-0.2, -0.15) is 0 Å². The number of fused-ring (bicyclic) bond motifs is 1. The van der Waals surface area contributed by atoms with Crippen molar-refractivity contribution in [1.82, 2.24) is 0 Å². The summed E-state index contributed by atoms with van der Waals surface area (Å²) >= 11 is 1.13. The van der Waals surface area contributed by atoms with E-state index in [0.29, 0.717) is 23.5 Å². The number of carbonyl (C=O) groups excluding carboxylic acids is 1. The second-order valence-electron chi connectivity index (χ2n) is 5.99. The van der Waals surface area contributed by atoms with Crippen molar-refractivity contribution in [3.8, 4) is 5.75 Å². The third kappa shape index (κ3) is 3.81. The number of carbonyl (C=O) groups is 1. The number of rotatable bonds is 5. The molecule has 6 nitrogen and oxygen atoms in total. The minimum Gasteiger partial charge on any atom is -0.493 e. The van der Waals surface area contributed by atoms with Crippen molar-refractivity contribution in [2.75, 3.05) is 16.6 Å². The van der Waals surface area contributed by atoms with Gasteiger partial charge in [-0.3, -0.25) is 9.52 Å². The zero-order valence-electron chi connectivity index (χ0n) is 14.1. The van der Waals surface area contributed by atoms with Crippen molar-refractivity contribution in [3.63, 3.8) is 0 Å². The van der Waals surface area contributed by atoms with Crippen LogP contribution < -0.4 is 14.8 Å². The summed E-state index contributed by atoms with van der Waals surface area (Å²) in [6.45, 7) is 0.652. The van der Waals surface area contributed by atoms with E-state index in [0.717, 1.165) is 29.1 Å². The second-order valence-corrected chi connectivity index (χ2v) is 8.85. The molecule has 1 aliphatic rings. The standard InChI is InChI=1S/C19H16N2O4S2/c22-19(20-15-6-7-17-13(11-15)8-9-25-17)14-3-1-4-16(12-14)21-27(23,24)18-5-2-10-26-18/h1-7,10-12,21H,8-9H2,(H,20,22). The quantitative estimate of drug-likeness (QED) is 0.683. The van der Waals surface area contributed by atoms with Crippen LogP contribution in [0.3, 0.4) is 0 Å². The van der Waals surface area contributed by atoms with Gasteiger partial charge in [0.25, 0.3) is 15.9 Å². The van der Waals surface area contributed by atoms with Gasteiger partial charge in [-0.1, -0.05) is 12.1 Å². The molecular weight excluding hydrogens is 384 g/mol. The molecule has 2 aromatic carbocycles. The van der Waals surface area contributed by atoms with Crippen LogP contribution >= 0.6 is 11.3 Å². The Labute approximate surface area is 160 Å². The summed E-state index contributed by atoms with van der Waals surface area (Å²) in [5, 5.41) is 4.53. The Balaban J connectivity index is 1.51. The highest BCUT2D eigenvalue weighted by Gasteiger charge is 2.17. The Bertz CT molecular complexity index is 1090. The summed E-state index contributed by atoms with van der Waals surface area (Å²) in [6, 6.07) is 15.1. The third-order valence-corrected chi connectivity index (χ3v) is 6.86. The number of ether oxygens (including phenoxy) is 1. The molecule has 0 atom stereocenters. The Morgan fingerprint density at radius 1 is 1.04 bits per heavy atom. The molecule has 2 N–H and O–H groups in total. The number of thiophene rings is 1. The molecule has 0 fully saturated rings. The van der Waals surface area contributed by atoms with Gasteiger partial charge in [0.05, 0.1) is 6.61 Å². The topological polar surface area (TPSA) is 84.5 Å². The number of nitrogens with one attached hydrogen (secondary N) is 2. The van der Waals surface area contributed by atoms with Gasteiger partial charge in [0.15, 0.2) is 0 Å². The van der Waals surface area contributed by atoms with Crippen molar-refractivity contribution < 1.29 is 17.9 Å². The monoisotopic (exact) mass is 400 g/mol. The van der Waals surface area contributed by atoms with Gasteiger partial charge >= 0.3 is 0 Å². The lowest BCUT2D eigenvalue weighted by molar-refractivity contribution is 0.102. The fourth-order valence-corrected chi connectivity index (χ4v) is 4.86. The van der Waals surface area contributed by atoms with Gasteiger partial charge in [0.1, 0.15) is 9.96 Å². The minimum absolute atomic E-state index is 0.220. The van der Waals surface area contributed by atoms with Crippen molar-refractivity contribution in [2.45, 2.75) is 10.6 Å². The van der Waals surface area contributed by atoms with E-state index in [1.165, 1.54) is 12.1 Å². The van der Waals surface area contributed by atoms with Crippen LogP contribution in [0.4, 0.5) is 11.4 Å². The highest BCUT2D eigenvalue weighted by Crippen LogP contribution is 2.28. The van der Waals surface area contributed by atoms with Crippen LogP contribution in [-0.4, -0.2) is 20.9 Å². The van der Waals surface area contributed by atoms with Crippen LogP contribution in [0.5, 0.6) is 5.75 Å². The van der Waals surface area contributed by atoms with Gasteiger partial charge in [0.2, 0.25) is 0 Å². The molecule has 138 valence electrons. The molecule has 1 amide bonds. The first kappa shape index (κ1) is 17.6. The summed E-state index contributed by atoms with van der Waals surface area (Å²) in [6.07, 6.45) is 0.818. The summed E-state index contributed by atoms with van der Waals surface area (Å²) in [5.74, 6) is 0.531. The number of hydrogen-bond donors (Lipinski definition) is 2. The van der Waals surface area contributed by atoms with Crippen LogP contribution in [0.2, 0.25) is 0 Å². The molecule has 8 heteroatoms. The molecule has 1 aliphatic heterocycles. The predicted octanol–water partition coefficient (Wildman–Crippen LogP) is 3.74. The number of hydrogen-bond acceptors (Lipinski definition) is 5. The average Bonchev–Trinajstić information content (AvgIpc) is 3.33. The molecule has 4 rings (SSSR count). The maximum Gasteiger partial charge on any atom is 0.271 e. The largest absolute Gasteiger partial charge is 0.493 e. The molecule has 0 radical (unpaired) electrons. The van der Waals surface area contributed by atoms with E-state index in [9.17, 15) is 13.2 Å². The van der Waals surface area contributed by atoms with Crippen LogP contribution in [0, 0.1) is 0 Å². The van der Waals surface area contributed by atoms with Crippen molar-refractivity contribution >= 4 is 38.6 Å². The molecule has 0 saturated carbocycles. The molecule has 3 aromatic rings. The van der Waals surface area contributed by atoms with Crippen LogP contribution in [0.1, 0.15) is 15.9 Å². The van der Waals surface area contributed by atoms with E-state index >= 15 is 0 Å². The van der Waals surface area contributed by atoms with Crippen molar-refractivity contribution in [2.24, 2.45) is 0 Å². The van der Waals surface area contributed by atoms with Crippen LogP contribution in [0.25, 0.3) is 0 Å². The maximum absolute atomic E-state index is 12.5. The lowest BCUT2D eigenvalue weighted by Gasteiger charge is -2.10. The van der Waals surface area contributed by atoms with Gasteiger partial charge in [0, 0.05) is 23.4 Å². The summed E-state index contributed by atoms with van der Waals surface area (Å²) < 4.78 is 32.8. The lowest BCUT2D eigenvalue weighted by Crippen LogP contribution is -2.14. The number of anilines is 2. The number of sulfonamides is 1. The molecule has 0 spiro atoms. The fourth-order valence-electron chi connectivity index (χ4n) is 2.81. The smallest absolute Gasteiger partial charge is 0.271 e. The number of amides is 1. The van der Waals surface area contributed by atoms with Gasteiger partial charge in [-0.05, 0) is 53.4 Å². The fraction of sp³-hybridized carbons (Fsp3) is 0.105. The van der Waals surface area contributed by atoms with Crippen molar-refractivity contribution in [1.29, 1.82) is 0 Å². The van der Waals surface area contributed by atoms with E-state index in [1.807, 2.05) is 12.1 Å². The first-order valence-electron chi connectivity index (χ1n) is 8.25. The summed E-state index contributed by atoms with van der Waals surface area (Å²) in [5.41, 5.74) is 2.43. The minimum atomic E-state index is -3.66. The van der Waals surface area contributed by atoms with E-state index in [1.54, 1.807) is 35.7 Å². The lowest BCUT2D eigenvalue weighted by atomic mass is 10.1. The molecule has 0 saturated heterocycles. The summed E-state index contributed by atoms with van der Waals surface area (Å²) in [4.78, 5) is 12.5. The first-order chi connectivity index (χ1) is 13.0.